The summed E-state index contributed by atoms with van der Waals surface area (Å²) in [7, 11) is 0. The molecule has 2 heterocycles. The molecule has 0 aliphatic heterocycles. The molecule has 4 heteroatoms. The molecular weight excluding hydrogens is 152 g/mol. The van der Waals surface area contributed by atoms with Crippen LogP contribution in [0.15, 0.2) is 24.8 Å². The number of hydrogen-bond donors (Lipinski definition) is 2. The molecule has 3 aromatic rings. The second-order valence-electron chi connectivity index (χ2n) is 2.66. The summed E-state index contributed by atoms with van der Waals surface area (Å²) in [6, 6.07) is 3.94. The Bertz CT molecular complexity index is 484. The summed E-state index contributed by atoms with van der Waals surface area (Å²) in [5.41, 5.74) is 3.93. The molecule has 0 saturated heterocycles. The monoisotopic (exact) mass is 158 g/mol. The number of nitrogens with zero attached hydrogens (tertiary/aromatic N) is 2. The van der Waals surface area contributed by atoms with Crippen LogP contribution in [-0.2, 0) is 0 Å². The topological polar surface area (TPSA) is 57.4 Å². The van der Waals surface area contributed by atoms with E-state index in [0.29, 0.717) is 0 Å². The van der Waals surface area contributed by atoms with Gasteiger partial charge in [-0.05, 0) is 12.1 Å². The summed E-state index contributed by atoms with van der Waals surface area (Å²) in [4.78, 5) is 14.4. The Balaban J connectivity index is 2.71. The van der Waals surface area contributed by atoms with E-state index in [-0.39, 0.29) is 0 Å². The predicted octanol–water partition coefficient (Wildman–Crippen LogP) is 1.44. The highest BCUT2D eigenvalue weighted by molar-refractivity contribution is 5.99. The van der Waals surface area contributed by atoms with Crippen LogP contribution in [0.1, 0.15) is 0 Å². The lowest BCUT2D eigenvalue weighted by Gasteiger charge is -1.88. The zero-order valence-corrected chi connectivity index (χ0v) is 6.20. The van der Waals surface area contributed by atoms with Crippen molar-refractivity contribution in [2.45, 2.75) is 0 Å². The van der Waals surface area contributed by atoms with Crippen LogP contribution in [0.3, 0.4) is 0 Å². The SMILES string of the molecule is c1nc2c(ccc3nc[nH]c32)[nH]1. The summed E-state index contributed by atoms with van der Waals surface area (Å²) >= 11 is 0. The van der Waals surface area contributed by atoms with E-state index >= 15 is 0 Å². The van der Waals surface area contributed by atoms with Crippen LogP contribution >= 0.6 is 0 Å². The van der Waals surface area contributed by atoms with Crippen LogP contribution in [0.5, 0.6) is 0 Å². The Morgan fingerprint density at radius 2 is 1.92 bits per heavy atom. The number of aromatic amines is 2. The van der Waals surface area contributed by atoms with Crippen LogP contribution < -0.4 is 0 Å². The van der Waals surface area contributed by atoms with Gasteiger partial charge in [0.2, 0.25) is 0 Å². The van der Waals surface area contributed by atoms with E-state index in [9.17, 15) is 0 Å². The van der Waals surface area contributed by atoms with Gasteiger partial charge in [0, 0.05) is 0 Å². The fourth-order valence-electron chi connectivity index (χ4n) is 1.41. The summed E-state index contributed by atoms with van der Waals surface area (Å²) in [6.07, 6.45) is 3.36. The van der Waals surface area contributed by atoms with E-state index in [0.717, 1.165) is 22.1 Å². The van der Waals surface area contributed by atoms with E-state index < -0.39 is 0 Å². The summed E-state index contributed by atoms with van der Waals surface area (Å²) < 4.78 is 0. The van der Waals surface area contributed by atoms with E-state index in [2.05, 4.69) is 19.9 Å². The van der Waals surface area contributed by atoms with Crippen LogP contribution in [0.25, 0.3) is 22.1 Å². The zero-order valence-electron chi connectivity index (χ0n) is 6.20. The number of nitrogens with one attached hydrogen (secondary N) is 2. The first kappa shape index (κ1) is 5.77. The quantitative estimate of drug-likeness (QED) is 0.520. The Morgan fingerprint density at radius 1 is 1.00 bits per heavy atom. The third-order valence-electron chi connectivity index (χ3n) is 1.98. The van der Waals surface area contributed by atoms with Crippen molar-refractivity contribution < 1.29 is 0 Å². The molecule has 0 atom stereocenters. The van der Waals surface area contributed by atoms with Gasteiger partial charge in [0.15, 0.2) is 0 Å². The standard InChI is InChI=1S/C8H6N4/c1-2-6-8(12-4-10-6)7-5(1)9-3-11-7/h1-4H,(H,9,11)(H,10,12). The summed E-state index contributed by atoms with van der Waals surface area (Å²) in [5.74, 6) is 0. The molecule has 0 bridgehead atoms. The smallest absolute Gasteiger partial charge is 0.114 e. The van der Waals surface area contributed by atoms with Crippen molar-refractivity contribution in [1.29, 1.82) is 0 Å². The Hall–Kier alpha value is -1.84. The lowest BCUT2D eigenvalue weighted by Crippen LogP contribution is -1.72. The molecule has 0 spiro atoms. The molecule has 4 nitrogen and oxygen atoms in total. The first-order valence-corrected chi connectivity index (χ1v) is 3.70. The molecule has 0 aliphatic rings. The number of benzene rings is 1. The molecule has 0 amide bonds. The van der Waals surface area contributed by atoms with E-state index in [1.54, 1.807) is 12.7 Å². The van der Waals surface area contributed by atoms with Crippen molar-refractivity contribution in [1.82, 2.24) is 19.9 Å². The van der Waals surface area contributed by atoms with Crippen LogP contribution in [-0.4, -0.2) is 19.9 Å². The minimum absolute atomic E-state index is 0.949. The highest BCUT2D eigenvalue weighted by atomic mass is 14.9. The van der Waals surface area contributed by atoms with E-state index in [1.165, 1.54) is 0 Å². The zero-order chi connectivity index (χ0) is 7.97. The highest BCUT2D eigenvalue weighted by Gasteiger charge is 2.02. The van der Waals surface area contributed by atoms with Crippen molar-refractivity contribution in [2.75, 3.05) is 0 Å². The third kappa shape index (κ3) is 0.567. The second kappa shape index (κ2) is 1.85. The van der Waals surface area contributed by atoms with Gasteiger partial charge in [-0.15, -0.1) is 0 Å². The number of H-pyrrole nitrogens is 2. The van der Waals surface area contributed by atoms with Gasteiger partial charge in [0.05, 0.1) is 29.2 Å². The number of rotatable bonds is 0. The van der Waals surface area contributed by atoms with Gasteiger partial charge in [-0.3, -0.25) is 0 Å². The molecule has 0 fully saturated rings. The van der Waals surface area contributed by atoms with Crippen molar-refractivity contribution in [2.24, 2.45) is 0 Å². The molecule has 58 valence electrons. The van der Waals surface area contributed by atoms with Gasteiger partial charge in [-0.1, -0.05) is 0 Å². The molecule has 3 rings (SSSR count). The van der Waals surface area contributed by atoms with Crippen molar-refractivity contribution in [3.05, 3.63) is 24.8 Å². The van der Waals surface area contributed by atoms with E-state index in [1.807, 2.05) is 12.1 Å². The van der Waals surface area contributed by atoms with Crippen molar-refractivity contribution >= 4 is 22.1 Å². The highest BCUT2D eigenvalue weighted by Crippen LogP contribution is 2.18. The predicted molar refractivity (Wildman–Crippen MR) is 45.7 cm³/mol. The summed E-state index contributed by atoms with van der Waals surface area (Å²) in [5, 5.41) is 0. The average Bonchev–Trinajstić information content (AvgIpc) is 2.71. The maximum atomic E-state index is 4.19. The van der Waals surface area contributed by atoms with Crippen molar-refractivity contribution in [3.63, 3.8) is 0 Å². The van der Waals surface area contributed by atoms with E-state index in [4.69, 9.17) is 0 Å². The van der Waals surface area contributed by atoms with Crippen LogP contribution in [0, 0.1) is 0 Å². The Kier molecular flexibility index (Phi) is 0.889. The largest absolute Gasteiger partial charge is 0.345 e. The third-order valence-corrected chi connectivity index (χ3v) is 1.98. The first-order valence-electron chi connectivity index (χ1n) is 3.70. The lowest BCUT2D eigenvalue weighted by molar-refractivity contribution is 1.33. The molecular formula is C8H6N4. The average molecular weight is 158 g/mol. The molecule has 2 N–H and O–H groups in total. The lowest BCUT2D eigenvalue weighted by atomic mass is 10.3. The molecule has 0 unspecified atom stereocenters. The fourth-order valence-corrected chi connectivity index (χ4v) is 1.41. The van der Waals surface area contributed by atoms with Gasteiger partial charge in [-0.2, -0.15) is 0 Å². The van der Waals surface area contributed by atoms with Gasteiger partial charge in [0.25, 0.3) is 0 Å². The van der Waals surface area contributed by atoms with Gasteiger partial charge >= 0.3 is 0 Å². The number of hydrogen-bond acceptors (Lipinski definition) is 2. The normalized spacial score (nSPS) is 11.3. The Labute approximate surface area is 67.7 Å². The molecule has 12 heavy (non-hydrogen) atoms. The van der Waals surface area contributed by atoms with Crippen molar-refractivity contribution in [3.8, 4) is 0 Å². The number of imidazole rings is 2. The Morgan fingerprint density at radius 3 is 2.92 bits per heavy atom. The van der Waals surface area contributed by atoms with Gasteiger partial charge < -0.3 is 9.97 Å². The molecule has 2 aromatic heterocycles. The number of fused-ring (bicyclic) bond motifs is 3. The number of aromatic nitrogens is 4. The fraction of sp³-hybridized carbons (Fsp3) is 0. The minimum Gasteiger partial charge on any atom is -0.345 e. The molecule has 0 radical (unpaired) electrons. The molecule has 0 aliphatic carbocycles. The molecule has 0 saturated carbocycles. The second-order valence-corrected chi connectivity index (χ2v) is 2.66. The maximum Gasteiger partial charge on any atom is 0.114 e. The first-order chi connectivity index (χ1) is 5.95. The minimum atomic E-state index is 0.949. The van der Waals surface area contributed by atoms with Gasteiger partial charge in [0.1, 0.15) is 5.52 Å². The van der Waals surface area contributed by atoms with Crippen LogP contribution in [0.4, 0.5) is 0 Å². The summed E-state index contributed by atoms with van der Waals surface area (Å²) in [6.45, 7) is 0. The van der Waals surface area contributed by atoms with Gasteiger partial charge in [-0.25, -0.2) is 9.97 Å². The molecule has 1 aromatic carbocycles. The maximum absolute atomic E-state index is 4.19. The van der Waals surface area contributed by atoms with Crippen LogP contribution in [0.2, 0.25) is 0 Å².